The van der Waals surface area contributed by atoms with E-state index >= 15 is 0 Å². The molecule has 2 aromatic rings. The second kappa shape index (κ2) is 5.93. The summed E-state index contributed by atoms with van der Waals surface area (Å²) in [5.41, 5.74) is 7.58. The van der Waals surface area contributed by atoms with Crippen molar-refractivity contribution in [3.8, 4) is 11.8 Å². The molecule has 0 fully saturated rings. The molecule has 5 heteroatoms. The summed E-state index contributed by atoms with van der Waals surface area (Å²) in [6.45, 7) is 2.59. The summed E-state index contributed by atoms with van der Waals surface area (Å²) >= 11 is 3.44. The smallest absolute Gasteiger partial charge is 0.321 e. The third kappa shape index (κ3) is 3.27. The van der Waals surface area contributed by atoms with Gasteiger partial charge in [-0.1, -0.05) is 15.9 Å². The van der Waals surface area contributed by atoms with Gasteiger partial charge >= 0.3 is 6.01 Å². The molecule has 0 spiro atoms. The second-order valence-corrected chi connectivity index (χ2v) is 4.78. The molecule has 1 aromatic heterocycles. The molecule has 18 heavy (non-hydrogen) atoms. The Balaban J connectivity index is 2.10. The molecule has 2 rings (SSSR count). The zero-order valence-electron chi connectivity index (χ0n) is 10.1. The highest BCUT2D eigenvalue weighted by molar-refractivity contribution is 9.10. The first-order valence-corrected chi connectivity index (χ1v) is 6.43. The molecular weight excluding hydrogens is 294 g/mol. The van der Waals surface area contributed by atoms with Gasteiger partial charge in [0.2, 0.25) is 0 Å². The monoisotopic (exact) mass is 307 g/mol. The fraction of sp³-hybridized carbons (Fsp3) is 0.231. The van der Waals surface area contributed by atoms with Gasteiger partial charge in [0, 0.05) is 16.9 Å². The van der Waals surface area contributed by atoms with Crippen molar-refractivity contribution in [3.05, 3.63) is 46.2 Å². The molecule has 0 aliphatic heterocycles. The molecule has 1 aromatic carbocycles. The highest BCUT2D eigenvalue weighted by Crippen LogP contribution is 2.24. The molecule has 0 saturated carbocycles. The Morgan fingerprint density at radius 1 is 1.28 bits per heavy atom. The van der Waals surface area contributed by atoms with Crippen LogP contribution in [0.5, 0.6) is 11.8 Å². The van der Waals surface area contributed by atoms with Gasteiger partial charge in [-0.25, -0.2) is 9.97 Å². The standard InChI is InChI=1S/C13H14BrN3O/c1-9-6-11(2-3-12(9)14)18-13-16-7-10(4-5-15)8-17-13/h2-3,6-8H,4-5,15H2,1H3. The highest BCUT2D eigenvalue weighted by atomic mass is 79.9. The first-order chi connectivity index (χ1) is 8.69. The van der Waals surface area contributed by atoms with Gasteiger partial charge in [0.1, 0.15) is 5.75 Å². The summed E-state index contributed by atoms with van der Waals surface area (Å²) < 4.78 is 6.62. The molecule has 0 radical (unpaired) electrons. The van der Waals surface area contributed by atoms with Crippen molar-refractivity contribution in [2.45, 2.75) is 13.3 Å². The molecule has 1 heterocycles. The molecule has 94 valence electrons. The van der Waals surface area contributed by atoms with Crippen molar-refractivity contribution in [1.29, 1.82) is 0 Å². The number of aromatic nitrogens is 2. The van der Waals surface area contributed by atoms with Crippen LogP contribution in [0.15, 0.2) is 35.1 Å². The quantitative estimate of drug-likeness (QED) is 0.943. The van der Waals surface area contributed by atoms with Crippen molar-refractivity contribution in [2.24, 2.45) is 5.73 Å². The van der Waals surface area contributed by atoms with Crippen LogP contribution >= 0.6 is 15.9 Å². The Morgan fingerprint density at radius 2 is 2.00 bits per heavy atom. The number of nitrogens with zero attached hydrogens (tertiary/aromatic N) is 2. The van der Waals surface area contributed by atoms with E-state index in [0.29, 0.717) is 12.6 Å². The van der Waals surface area contributed by atoms with Crippen molar-refractivity contribution in [2.75, 3.05) is 6.54 Å². The molecule has 0 aliphatic rings. The first-order valence-electron chi connectivity index (χ1n) is 5.64. The predicted octanol–water partition coefficient (Wildman–Crippen LogP) is 2.84. The van der Waals surface area contributed by atoms with Gasteiger partial charge in [-0.2, -0.15) is 0 Å². The SMILES string of the molecule is Cc1cc(Oc2ncc(CCN)cn2)ccc1Br. The van der Waals surface area contributed by atoms with Crippen LogP contribution in [0.4, 0.5) is 0 Å². The van der Waals surface area contributed by atoms with Crippen molar-refractivity contribution >= 4 is 15.9 Å². The minimum absolute atomic E-state index is 0.345. The van der Waals surface area contributed by atoms with E-state index in [4.69, 9.17) is 10.5 Å². The van der Waals surface area contributed by atoms with Crippen LogP contribution in [0, 0.1) is 6.92 Å². The Kier molecular flexibility index (Phi) is 4.28. The number of ether oxygens (including phenoxy) is 1. The first kappa shape index (κ1) is 13.0. The zero-order chi connectivity index (χ0) is 13.0. The van der Waals surface area contributed by atoms with E-state index in [2.05, 4.69) is 25.9 Å². The fourth-order valence-corrected chi connectivity index (χ4v) is 1.72. The number of hydrogen-bond acceptors (Lipinski definition) is 4. The van der Waals surface area contributed by atoms with Crippen LogP contribution < -0.4 is 10.5 Å². The maximum atomic E-state index is 5.57. The van der Waals surface area contributed by atoms with Gasteiger partial charge in [-0.3, -0.25) is 0 Å². The average Bonchev–Trinajstić information content (AvgIpc) is 2.37. The molecule has 0 atom stereocenters. The van der Waals surface area contributed by atoms with Crippen LogP contribution in [0.2, 0.25) is 0 Å². The number of hydrogen-bond donors (Lipinski definition) is 1. The number of aryl methyl sites for hydroxylation is 1. The van der Waals surface area contributed by atoms with Crippen LogP contribution in [-0.4, -0.2) is 16.5 Å². The zero-order valence-corrected chi connectivity index (χ0v) is 11.6. The van der Waals surface area contributed by atoms with E-state index in [0.717, 1.165) is 27.8 Å². The molecule has 0 aliphatic carbocycles. The molecular formula is C13H14BrN3O. The van der Waals surface area contributed by atoms with Gasteiger partial charge in [0.25, 0.3) is 0 Å². The molecule has 0 unspecified atom stereocenters. The van der Waals surface area contributed by atoms with Gasteiger partial charge in [-0.15, -0.1) is 0 Å². The largest absolute Gasteiger partial charge is 0.424 e. The molecule has 4 nitrogen and oxygen atoms in total. The Bertz CT molecular complexity index is 528. The van der Waals surface area contributed by atoms with E-state index in [1.165, 1.54) is 0 Å². The van der Waals surface area contributed by atoms with E-state index in [1.54, 1.807) is 12.4 Å². The summed E-state index contributed by atoms with van der Waals surface area (Å²) in [5.74, 6) is 0.724. The van der Waals surface area contributed by atoms with Crippen LogP contribution in [0.3, 0.4) is 0 Å². The van der Waals surface area contributed by atoms with E-state index in [-0.39, 0.29) is 0 Å². The molecule has 0 amide bonds. The minimum atomic E-state index is 0.345. The fourth-order valence-electron chi connectivity index (χ4n) is 1.48. The van der Waals surface area contributed by atoms with Crippen LogP contribution in [0.1, 0.15) is 11.1 Å². The van der Waals surface area contributed by atoms with E-state index in [1.807, 2.05) is 25.1 Å². The Labute approximate surface area is 114 Å². The number of halogens is 1. The highest BCUT2D eigenvalue weighted by Gasteiger charge is 2.02. The Hall–Kier alpha value is -1.46. The van der Waals surface area contributed by atoms with Crippen LogP contribution in [0.25, 0.3) is 0 Å². The minimum Gasteiger partial charge on any atom is -0.424 e. The molecule has 2 N–H and O–H groups in total. The third-order valence-corrected chi connectivity index (χ3v) is 3.34. The normalized spacial score (nSPS) is 10.4. The van der Waals surface area contributed by atoms with Gasteiger partial charge < -0.3 is 10.5 Å². The average molecular weight is 308 g/mol. The number of benzene rings is 1. The second-order valence-electron chi connectivity index (χ2n) is 3.93. The number of rotatable bonds is 4. The maximum absolute atomic E-state index is 5.57. The van der Waals surface area contributed by atoms with Gasteiger partial charge in [-0.05, 0) is 49.2 Å². The van der Waals surface area contributed by atoms with Gasteiger partial charge in [0.05, 0.1) is 0 Å². The maximum Gasteiger partial charge on any atom is 0.321 e. The molecule has 0 saturated heterocycles. The lowest BCUT2D eigenvalue weighted by Gasteiger charge is -2.06. The van der Waals surface area contributed by atoms with Crippen molar-refractivity contribution < 1.29 is 4.74 Å². The lowest BCUT2D eigenvalue weighted by molar-refractivity contribution is 0.440. The molecule has 0 bridgehead atoms. The number of nitrogens with two attached hydrogens (primary N) is 1. The summed E-state index contributed by atoms with van der Waals surface area (Å²) in [5, 5.41) is 0. The summed E-state index contributed by atoms with van der Waals surface area (Å²) in [6.07, 6.45) is 4.25. The van der Waals surface area contributed by atoms with Crippen molar-refractivity contribution in [1.82, 2.24) is 9.97 Å². The predicted molar refractivity (Wildman–Crippen MR) is 73.7 cm³/mol. The summed E-state index contributed by atoms with van der Waals surface area (Å²) in [4.78, 5) is 8.29. The third-order valence-electron chi connectivity index (χ3n) is 2.45. The van der Waals surface area contributed by atoms with E-state index < -0.39 is 0 Å². The lowest BCUT2D eigenvalue weighted by atomic mass is 10.2. The topological polar surface area (TPSA) is 61.0 Å². The van der Waals surface area contributed by atoms with Crippen LogP contribution in [-0.2, 0) is 6.42 Å². The van der Waals surface area contributed by atoms with E-state index in [9.17, 15) is 0 Å². The Morgan fingerprint density at radius 3 is 2.61 bits per heavy atom. The van der Waals surface area contributed by atoms with Crippen molar-refractivity contribution in [3.63, 3.8) is 0 Å². The summed E-state index contributed by atoms with van der Waals surface area (Å²) in [6, 6.07) is 6.08. The summed E-state index contributed by atoms with van der Waals surface area (Å²) in [7, 11) is 0. The van der Waals surface area contributed by atoms with Gasteiger partial charge in [0.15, 0.2) is 0 Å². The lowest BCUT2D eigenvalue weighted by Crippen LogP contribution is -2.03.